The fourth-order valence-corrected chi connectivity index (χ4v) is 6.33. The number of carbonyl (C=O) groups is 1. The van der Waals surface area contributed by atoms with E-state index in [1.165, 1.54) is 37.5 Å². The third-order valence-electron chi connectivity index (χ3n) is 6.75. The van der Waals surface area contributed by atoms with E-state index in [2.05, 4.69) is 19.9 Å². The average molecular weight is 272 g/mol. The first-order chi connectivity index (χ1) is 9.58. The number of allylic oxidation sites excluding steroid dienone is 1. The number of esters is 1. The molecule has 3 heteroatoms. The number of ether oxygens (including phenoxy) is 2. The Morgan fingerprint density at radius 2 is 2.00 bits per heavy atom. The standard InChI is InChI=1S/C17H20O3/c1-8(2)13-12-7-11(15(18)19-3)14(13)17-10-5-4-9(6-10)16(12,17)20-17/h7,9-10,12,14H,4-6H2,1-3H3/t9-,10-,12-,14-,16+,17-/m0/s1. The second-order valence-electron chi connectivity index (χ2n) is 7.37. The van der Waals surface area contributed by atoms with E-state index < -0.39 is 0 Å². The number of methoxy groups -OCH3 is 1. The van der Waals surface area contributed by atoms with Crippen LogP contribution in [0.2, 0.25) is 0 Å². The van der Waals surface area contributed by atoms with Gasteiger partial charge in [0.05, 0.1) is 7.11 Å². The van der Waals surface area contributed by atoms with Gasteiger partial charge in [-0.25, -0.2) is 4.79 Å². The van der Waals surface area contributed by atoms with Crippen molar-refractivity contribution in [2.45, 2.75) is 44.3 Å². The van der Waals surface area contributed by atoms with Gasteiger partial charge in [-0.05, 0) is 44.9 Å². The van der Waals surface area contributed by atoms with Crippen molar-refractivity contribution in [3.8, 4) is 0 Å². The van der Waals surface area contributed by atoms with E-state index in [0.717, 1.165) is 5.57 Å². The van der Waals surface area contributed by atoms with Crippen LogP contribution in [-0.4, -0.2) is 24.3 Å². The van der Waals surface area contributed by atoms with Crippen LogP contribution in [0.1, 0.15) is 33.1 Å². The number of fused-ring (bicyclic) bond motifs is 4. The summed E-state index contributed by atoms with van der Waals surface area (Å²) < 4.78 is 11.5. The molecule has 0 aromatic rings. The summed E-state index contributed by atoms with van der Waals surface area (Å²) in [5, 5.41) is 0. The van der Waals surface area contributed by atoms with E-state index in [1.807, 2.05) is 0 Å². The third-order valence-corrected chi connectivity index (χ3v) is 6.75. The van der Waals surface area contributed by atoms with Gasteiger partial charge in [0, 0.05) is 17.4 Å². The lowest BCUT2D eigenvalue weighted by Gasteiger charge is -2.27. The number of epoxide rings is 1. The fraction of sp³-hybridized carbons (Fsp3) is 0.706. The summed E-state index contributed by atoms with van der Waals surface area (Å²) in [7, 11) is 1.48. The van der Waals surface area contributed by atoms with Crippen molar-refractivity contribution in [2.24, 2.45) is 23.7 Å². The minimum atomic E-state index is -0.155. The zero-order chi connectivity index (χ0) is 13.9. The van der Waals surface area contributed by atoms with Gasteiger partial charge in [-0.15, -0.1) is 0 Å². The quantitative estimate of drug-likeness (QED) is 0.418. The first-order valence-electron chi connectivity index (χ1n) is 7.75. The maximum Gasteiger partial charge on any atom is 0.334 e. The van der Waals surface area contributed by atoms with Gasteiger partial charge >= 0.3 is 5.97 Å². The Hall–Kier alpha value is -1.09. The minimum absolute atomic E-state index is 0.0362. The van der Waals surface area contributed by atoms with Crippen molar-refractivity contribution < 1.29 is 14.3 Å². The first-order valence-corrected chi connectivity index (χ1v) is 7.75. The van der Waals surface area contributed by atoms with Crippen LogP contribution in [0.15, 0.2) is 22.8 Å². The molecular weight excluding hydrogens is 252 g/mol. The molecule has 4 aliphatic carbocycles. The third kappa shape index (κ3) is 0.851. The van der Waals surface area contributed by atoms with Crippen molar-refractivity contribution in [3.05, 3.63) is 22.8 Å². The fourth-order valence-electron chi connectivity index (χ4n) is 6.33. The first kappa shape index (κ1) is 11.6. The zero-order valence-corrected chi connectivity index (χ0v) is 12.2. The topological polar surface area (TPSA) is 38.8 Å². The Bertz CT molecular complexity index is 612. The van der Waals surface area contributed by atoms with Gasteiger partial charge in [0.15, 0.2) is 0 Å². The van der Waals surface area contributed by atoms with Crippen LogP contribution in [0.3, 0.4) is 0 Å². The molecule has 0 aromatic carbocycles. The summed E-state index contributed by atoms with van der Waals surface area (Å²) in [6.07, 6.45) is 6.07. The van der Waals surface area contributed by atoms with Gasteiger partial charge in [0.2, 0.25) is 0 Å². The van der Waals surface area contributed by atoms with Gasteiger partial charge in [0.25, 0.3) is 0 Å². The van der Waals surface area contributed by atoms with Crippen LogP contribution in [0.4, 0.5) is 0 Å². The van der Waals surface area contributed by atoms with E-state index in [1.54, 1.807) is 0 Å². The molecule has 0 radical (unpaired) electrons. The van der Waals surface area contributed by atoms with Gasteiger partial charge in [0.1, 0.15) is 11.2 Å². The van der Waals surface area contributed by atoms with E-state index >= 15 is 0 Å². The number of carbonyl (C=O) groups excluding carboxylic acids is 1. The summed E-state index contributed by atoms with van der Waals surface area (Å²) in [6.45, 7) is 4.36. The number of hydrogen-bond acceptors (Lipinski definition) is 3. The Morgan fingerprint density at radius 3 is 2.65 bits per heavy atom. The highest BCUT2D eigenvalue weighted by molar-refractivity contribution is 5.93. The Balaban J connectivity index is 1.72. The van der Waals surface area contributed by atoms with E-state index in [4.69, 9.17) is 9.47 Å². The molecule has 1 aliphatic heterocycles. The number of hydrogen-bond donors (Lipinski definition) is 0. The average Bonchev–Trinajstić information content (AvgIpc) is 2.81. The molecule has 0 amide bonds. The highest BCUT2D eigenvalue weighted by Crippen LogP contribution is 2.85. The van der Waals surface area contributed by atoms with Crippen LogP contribution in [0.25, 0.3) is 0 Å². The van der Waals surface area contributed by atoms with Crippen LogP contribution < -0.4 is 0 Å². The second-order valence-corrected chi connectivity index (χ2v) is 7.37. The van der Waals surface area contributed by atoms with Gasteiger partial charge < -0.3 is 9.47 Å². The molecule has 4 bridgehead atoms. The molecule has 106 valence electrons. The molecule has 5 rings (SSSR count). The molecular formula is C17H20O3. The highest BCUT2D eigenvalue weighted by Gasteiger charge is 2.92. The van der Waals surface area contributed by atoms with Crippen LogP contribution in [0.5, 0.6) is 0 Å². The summed E-state index contributed by atoms with van der Waals surface area (Å²) in [6, 6.07) is 0. The molecule has 20 heavy (non-hydrogen) atoms. The minimum Gasteiger partial charge on any atom is -0.466 e. The van der Waals surface area contributed by atoms with Crippen LogP contribution in [0, 0.1) is 23.7 Å². The Morgan fingerprint density at radius 1 is 1.30 bits per heavy atom. The van der Waals surface area contributed by atoms with Crippen molar-refractivity contribution in [3.63, 3.8) is 0 Å². The maximum atomic E-state index is 12.2. The van der Waals surface area contributed by atoms with E-state index in [9.17, 15) is 4.79 Å². The lowest BCUT2D eigenvalue weighted by molar-refractivity contribution is -0.136. The summed E-state index contributed by atoms with van der Waals surface area (Å²) in [5.41, 5.74) is 3.73. The van der Waals surface area contributed by atoms with Crippen LogP contribution >= 0.6 is 0 Å². The van der Waals surface area contributed by atoms with E-state index in [-0.39, 0.29) is 23.1 Å². The summed E-state index contributed by atoms with van der Waals surface area (Å²) in [4.78, 5) is 12.2. The normalized spacial score (nSPS) is 52.8. The predicted octanol–water partition coefficient (Wildman–Crippen LogP) is 2.62. The predicted molar refractivity (Wildman–Crippen MR) is 72.8 cm³/mol. The smallest absolute Gasteiger partial charge is 0.334 e. The molecule has 0 spiro atoms. The van der Waals surface area contributed by atoms with Crippen molar-refractivity contribution in [1.29, 1.82) is 0 Å². The summed E-state index contributed by atoms with van der Waals surface area (Å²) in [5.74, 6) is 1.73. The van der Waals surface area contributed by atoms with Crippen molar-refractivity contribution in [2.75, 3.05) is 7.11 Å². The molecule has 1 heterocycles. The molecule has 4 fully saturated rings. The Labute approximate surface area is 119 Å². The lowest BCUT2D eigenvalue weighted by atomic mass is 9.71. The van der Waals surface area contributed by atoms with Crippen molar-refractivity contribution in [1.82, 2.24) is 0 Å². The van der Waals surface area contributed by atoms with Gasteiger partial charge in [-0.3, -0.25) is 0 Å². The second kappa shape index (κ2) is 3.06. The summed E-state index contributed by atoms with van der Waals surface area (Å²) >= 11 is 0. The molecule has 1 saturated heterocycles. The maximum absolute atomic E-state index is 12.2. The van der Waals surface area contributed by atoms with Gasteiger partial charge in [-0.1, -0.05) is 17.2 Å². The molecule has 0 N–H and O–H groups in total. The lowest BCUT2D eigenvalue weighted by Crippen LogP contribution is -2.38. The number of rotatable bonds is 1. The monoisotopic (exact) mass is 272 g/mol. The molecule has 0 aromatic heterocycles. The van der Waals surface area contributed by atoms with Gasteiger partial charge in [-0.2, -0.15) is 0 Å². The van der Waals surface area contributed by atoms with E-state index in [0.29, 0.717) is 17.8 Å². The largest absolute Gasteiger partial charge is 0.466 e. The SMILES string of the molecule is COC(=O)C1=C[C@H]2C(=C(C)C)[C@H]1[C@]13O[C@]21[C@H]1CC[C@H]3C1. The Kier molecular flexibility index (Phi) is 1.77. The molecule has 0 unspecified atom stereocenters. The van der Waals surface area contributed by atoms with Crippen LogP contribution in [-0.2, 0) is 14.3 Å². The zero-order valence-electron chi connectivity index (χ0n) is 12.2. The molecule has 3 nitrogen and oxygen atoms in total. The highest BCUT2D eigenvalue weighted by atomic mass is 16.6. The molecule has 3 saturated carbocycles. The molecule has 6 atom stereocenters. The molecule has 5 aliphatic rings. The van der Waals surface area contributed by atoms with Crippen molar-refractivity contribution >= 4 is 5.97 Å².